The Labute approximate surface area is 125 Å². The van der Waals surface area contributed by atoms with E-state index < -0.39 is 0 Å². The summed E-state index contributed by atoms with van der Waals surface area (Å²) in [5.74, 6) is 0.915. The van der Waals surface area contributed by atoms with Gasteiger partial charge < -0.3 is 10.1 Å². The first-order valence-corrected chi connectivity index (χ1v) is 7.27. The summed E-state index contributed by atoms with van der Waals surface area (Å²) in [4.78, 5) is 0. The molecule has 0 heterocycles. The average Bonchev–Trinajstić information content (AvgIpc) is 2.46. The third-order valence-corrected chi connectivity index (χ3v) is 3.43. The molecule has 0 saturated carbocycles. The summed E-state index contributed by atoms with van der Waals surface area (Å²) >= 11 is 5.98. The molecule has 0 bridgehead atoms. The lowest BCUT2D eigenvalue weighted by molar-refractivity contribution is 0.340. The standard InChI is InChI=1S/C17H20ClNO/c1-3-20-17-9-7-15(8-10-17)13(2)19-12-14-5-4-6-16(18)11-14/h4-11,13,19H,3,12H2,1-2H3. The fourth-order valence-corrected chi connectivity index (χ4v) is 2.27. The predicted octanol–water partition coefficient (Wildman–Crippen LogP) is 4.59. The van der Waals surface area contributed by atoms with Gasteiger partial charge in [0.1, 0.15) is 5.75 Å². The van der Waals surface area contributed by atoms with Crippen LogP contribution in [0.15, 0.2) is 48.5 Å². The van der Waals surface area contributed by atoms with E-state index in [0.717, 1.165) is 17.3 Å². The van der Waals surface area contributed by atoms with Crippen LogP contribution in [0.5, 0.6) is 5.75 Å². The zero-order valence-electron chi connectivity index (χ0n) is 11.9. The molecule has 1 atom stereocenters. The van der Waals surface area contributed by atoms with Gasteiger partial charge in [-0.25, -0.2) is 0 Å². The lowest BCUT2D eigenvalue weighted by Gasteiger charge is -2.15. The van der Waals surface area contributed by atoms with Crippen molar-refractivity contribution in [1.82, 2.24) is 5.32 Å². The maximum atomic E-state index is 5.98. The second kappa shape index (κ2) is 7.32. The summed E-state index contributed by atoms with van der Waals surface area (Å²) in [5, 5.41) is 4.27. The Hall–Kier alpha value is -1.51. The third kappa shape index (κ3) is 4.26. The first kappa shape index (κ1) is 14.9. The van der Waals surface area contributed by atoms with E-state index in [1.54, 1.807) is 0 Å². The zero-order chi connectivity index (χ0) is 14.4. The molecule has 20 heavy (non-hydrogen) atoms. The summed E-state index contributed by atoms with van der Waals surface area (Å²) in [6.45, 7) is 5.64. The van der Waals surface area contributed by atoms with Crippen molar-refractivity contribution in [2.75, 3.05) is 6.61 Å². The van der Waals surface area contributed by atoms with Crippen molar-refractivity contribution in [3.8, 4) is 5.75 Å². The average molecular weight is 290 g/mol. The van der Waals surface area contributed by atoms with E-state index >= 15 is 0 Å². The molecule has 0 aliphatic carbocycles. The molecule has 2 nitrogen and oxygen atoms in total. The van der Waals surface area contributed by atoms with Gasteiger partial charge in [0.2, 0.25) is 0 Å². The summed E-state index contributed by atoms with van der Waals surface area (Å²) in [7, 11) is 0. The van der Waals surface area contributed by atoms with Crippen molar-refractivity contribution in [1.29, 1.82) is 0 Å². The molecule has 2 aromatic carbocycles. The summed E-state index contributed by atoms with van der Waals surface area (Å²) in [6.07, 6.45) is 0. The fraction of sp³-hybridized carbons (Fsp3) is 0.294. The van der Waals surface area contributed by atoms with E-state index in [4.69, 9.17) is 16.3 Å². The van der Waals surface area contributed by atoms with E-state index in [-0.39, 0.29) is 6.04 Å². The van der Waals surface area contributed by atoms with Crippen LogP contribution in [-0.4, -0.2) is 6.61 Å². The van der Waals surface area contributed by atoms with E-state index in [2.05, 4.69) is 30.4 Å². The minimum atomic E-state index is 0.282. The normalized spacial score (nSPS) is 12.2. The largest absolute Gasteiger partial charge is 0.494 e. The highest BCUT2D eigenvalue weighted by molar-refractivity contribution is 6.30. The first-order valence-electron chi connectivity index (χ1n) is 6.89. The summed E-state index contributed by atoms with van der Waals surface area (Å²) in [6, 6.07) is 16.4. The Bertz CT molecular complexity index is 539. The van der Waals surface area contributed by atoms with Gasteiger partial charge in [0.15, 0.2) is 0 Å². The topological polar surface area (TPSA) is 21.3 Å². The highest BCUT2D eigenvalue weighted by Gasteiger charge is 2.05. The lowest BCUT2D eigenvalue weighted by atomic mass is 10.1. The number of rotatable bonds is 6. The SMILES string of the molecule is CCOc1ccc(C(C)NCc2cccc(Cl)c2)cc1. The Balaban J connectivity index is 1.92. The molecule has 0 spiro atoms. The highest BCUT2D eigenvalue weighted by atomic mass is 35.5. The Morgan fingerprint density at radius 1 is 1.15 bits per heavy atom. The van der Waals surface area contributed by atoms with Crippen molar-refractivity contribution in [2.45, 2.75) is 26.4 Å². The van der Waals surface area contributed by atoms with Gasteiger partial charge in [-0.15, -0.1) is 0 Å². The minimum absolute atomic E-state index is 0.282. The van der Waals surface area contributed by atoms with E-state index in [1.165, 1.54) is 11.1 Å². The molecule has 106 valence electrons. The number of benzene rings is 2. The van der Waals surface area contributed by atoms with Crippen LogP contribution in [0.1, 0.15) is 31.0 Å². The number of hydrogen-bond donors (Lipinski definition) is 1. The van der Waals surface area contributed by atoms with Crippen molar-refractivity contribution < 1.29 is 4.74 Å². The van der Waals surface area contributed by atoms with Crippen molar-refractivity contribution >= 4 is 11.6 Å². The molecule has 0 amide bonds. The molecular formula is C17H20ClNO. The molecule has 0 aliphatic rings. The van der Waals surface area contributed by atoms with Gasteiger partial charge in [0.25, 0.3) is 0 Å². The molecule has 1 unspecified atom stereocenters. The van der Waals surface area contributed by atoms with Crippen LogP contribution in [-0.2, 0) is 6.54 Å². The molecule has 2 aromatic rings. The molecule has 3 heteroatoms. The van der Waals surface area contributed by atoms with Gasteiger partial charge in [-0.3, -0.25) is 0 Å². The molecular weight excluding hydrogens is 270 g/mol. The Morgan fingerprint density at radius 3 is 2.55 bits per heavy atom. The molecule has 0 aliphatic heterocycles. The summed E-state index contributed by atoms with van der Waals surface area (Å²) < 4.78 is 5.45. The molecule has 0 fully saturated rings. The summed E-state index contributed by atoms with van der Waals surface area (Å²) in [5.41, 5.74) is 2.44. The quantitative estimate of drug-likeness (QED) is 0.840. The zero-order valence-corrected chi connectivity index (χ0v) is 12.7. The molecule has 0 aromatic heterocycles. The maximum Gasteiger partial charge on any atom is 0.119 e. The van der Waals surface area contributed by atoms with Crippen LogP contribution < -0.4 is 10.1 Å². The lowest BCUT2D eigenvalue weighted by Crippen LogP contribution is -2.17. The second-order valence-electron chi connectivity index (χ2n) is 4.73. The first-order chi connectivity index (χ1) is 9.69. The molecule has 0 saturated heterocycles. The Morgan fingerprint density at radius 2 is 1.90 bits per heavy atom. The van der Waals surface area contributed by atoms with Crippen LogP contribution in [0.2, 0.25) is 5.02 Å². The fourth-order valence-electron chi connectivity index (χ4n) is 2.06. The van der Waals surface area contributed by atoms with Crippen LogP contribution in [0.25, 0.3) is 0 Å². The van der Waals surface area contributed by atoms with Gasteiger partial charge in [0.05, 0.1) is 6.61 Å². The van der Waals surface area contributed by atoms with Crippen molar-refractivity contribution in [3.05, 3.63) is 64.7 Å². The smallest absolute Gasteiger partial charge is 0.119 e. The van der Waals surface area contributed by atoms with Crippen LogP contribution >= 0.6 is 11.6 Å². The second-order valence-corrected chi connectivity index (χ2v) is 5.17. The van der Waals surface area contributed by atoms with Crippen LogP contribution in [0.3, 0.4) is 0 Å². The third-order valence-electron chi connectivity index (χ3n) is 3.19. The molecule has 0 radical (unpaired) electrons. The van der Waals surface area contributed by atoms with Gasteiger partial charge in [-0.05, 0) is 49.2 Å². The van der Waals surface area contributed by atoms with Crippen LogP contribution in [0.4, 0.5) is 0 Å². The monoisotopic (exact) mass is 289 g/mol. The van der Waals surface area contributed by atoms with Gasteiger partial charge in [0, 0.05) is 17.6 Å². The van der Waals surface area contributed by atoms with Gasteiger partial charge in [-0.2, -0.15) is 0 Å². The number of hydrogen-bond acceptors (Lipinski definition) is 2. The molecule has 2 rings (SSSR count). The number of ether oxygens (including phenoxy) is 1. The Kier molecular flexibility index (Phi) is 5.45. The van der Waals surface area contributed by atoms with Crippen LogP contribution in [0, 0.1) is 0 Å². The van der Waals surface area contributed by atoms with Gasteiger partial charge >= 0.3 is 0 Å². The van der Waals surface area contributed by atoms with Gasteiger partial charge in [-0.1, -0.05) is 35.9 Å². The van der Waals surface area contributed by atoms with E-state index in [1.807, 2.05) is 37.3 Å². The molecule has 1 N–H and O–H groups in total. The number of nitrogens with one attached hydrogen (secondary N) is 1. The predicted molar refractivity (Wildman–Crippen MR) is 84.3 cm³/mol. The highest BCUT2D eigenvalue weighted by Crippen LogP contribution is 2.18. The number of halogens is 1. The van der Waals surface area contributed by atoms with E-state index in [9.17, 15) is 0 Å². The minimum Gasteiger partial charge on any atom is -0.494 e. The van der Waals surface area contributed by atoms with Crippen molar-refractivity contribution in [2.24, 2.45) is 0 Å². The van der Waals surface area contributed by atoms with Crippen molar-refractivity contribution in [3.63, 3.8) is 0 Å². The van der Waals surface area contributed by atoms with E-state index in [0.29, 0.717) is 6.61 Å². The maximum absolute atomic E-state index is 5.98.